The third-order valence-corrected chi connectivity index (χ3v) is 6.98. The maximum Gasteiger partial charge on any atom is 0.432 e. The van der Waals surface area contributed by atoms with Crippen LogP contribution in [0.1, 0.15) is 43.2 Å². The molecule has 5 unspecified atom stereocenters. The van der Waals surface area contributed by atoms with Gasteiger partial charge in [-0.1, -0.05) is 11.6 Å². The highest BCUT2D eigenvalue weighted by Gasteiger charge is 2.48. The zero-order valence-electron chi connectivity index (χ0n) is 20.4. The van der Waals surface area contributed by atoms with E-state index >= 15 is 4.39 Å². The van der Waals surface area contributed by atoms with E-state index in [1.165, 1.54) is 6.08 Å². The normalized spacial score (nSPS) is 28.1. The minimum atomic E-state index is -5.45. The summed E-state index contributed by atoms with van der Waals surface area (Å²) in [6.45, 7) is 1.64. The minimum absolute atomic E-state index is 0.170. The first-order valence-corrected chi connectivity index (χ1v) is 11.9. The van der Waals surface area contributed by atoms with Crippen LogP contribution in [0, 0.1) is 23.5 Å². The first-order chi connectivity index (χ1) is 18.5. The predicted octanol–water partition coefficient (Wildman–Crippen LogP) is 9.56. The van der Waals surface area contributed by atoms with Crippen LogP contribution in [0.4, 0.5) is 52.7 Å². The molecule has 0 N–H and O–H groups in total. The van der Waals surface area contributed by atoms with E-state index in [-0.39, 0.29) is 24.6 Å². The van der Waals surface area contributed by atoms with Crippen LogP contribution in [0.3, 0.4) is 0 Å². The molecule has 0 heterocycles. The predicted molar refractivity (Wildman–Crippen MR) is 119 cm³/mol. The smallest absolute Gasteiger partial charge is 0.432 e. The second-order valence-corrected chi connectivity index (χ2v) is 9.78. The molecular formula is C27H20F12O. The summed E-state index contributed by atoms with van der Waals surface area (Å²) in [5, 5.41) is 0. The molecule has 0 saturated carbocycles. The van der Waals surface area contributed by atoms with Crippen LogP contribution in [0.5, 0.6) is 0 Å². The molecule has 5 atom stereocenters. The summed E-state index contributed by atoms with van der Waals surface area (Å²) in [6, 6.07) is 0.451. The molecule has 0 fully saturated rings. The molecule has 1 aromatic carbocycles. The summed E-state index contributed by atoms with van der Waals surface area (Å²) < 4.78 is 173. The van der Waals surface area contributed by atoms with Crippen LogP contribution < -0.4 is 0 Å². The number of alkyl halides is 7. The van der Waals surface area contributed by atoms with E-state index in [0.29, 0.717) is 5.57 Å². The van der Waals surface area contributed by atoms with Gasteiger partial charge in [0.15, 0.2) is 0 Å². The fourth-order valence-corrected chi connectivity index (χ4v) is 5.14. The molecule has 0 amide bonds. The Morgan fingerprint density at radius 3 is 2.02 bits per heavy atom. The Kier molecular flexibility index (Phi) is 7.98. The molecule has 4 rings (SSSR count). The lowest BCUT2D eigenvalue weighted by Gasteiger charge is -2.33. The number of halogens is 12. The number of benzene rings is 1. The van der Waals surface area contributed by atoms with Gasteiger partial charge < -0.3 is 4.74 Å². The number of hydrogen-bond donors (Lipinski definition) is 0. The SMILES string of the molecule is CC1=CCC(C2C=C(F)C(c3cc(F)c(C(F)(F)OC4=CC(F)=C(C(F)(F)F)C(F)C4)c(F)c3)C(F)C2)C(F)=C1. The largest absolute Gasteiger partial charge is 0.433 e. The van der Waals surface area contributed by atoms with Crippen LogP contribution in [-0.2, 0) is 10.8 Å². The van der Waals surface area contributed by atoms with Gasteiger partial charge in [0.25, 0.3) is 0 Å². The topological polar surface area (TPSA) is 9.23 Å². The van der Waals surface area contributed by atoms with Crippen molar-refractivity contribution in [1.29, 1.82) is 0 Å². The van der Waals surface area contributed by atoms with Crippen LogP contribution in [0.25, 0.3) is 0 Å². The Hall–Kier alpha value is -3.12. The molecule has 0 bridgehead atoms. The first kappa shape index (κ1) is 29.9. The molecular weight excluding hydrogens is 568 g/mol. The summed E-state index contributed by atoms with van der Waals surface area (Å²) in [7, 11) is 0. The van der Waals surface area contributed by atoms with Gasteiger partial charge in [-0.15, -0.1) is 0 Å². The molecule has 0 aromatic heterocycles. The van der Waals surface area contributed by atoms with E-state index in [1.54, 1.807) is 13.0 Å². The molecule has 1 nitrogen and oxygen atoms in total. The summed E-state index contributed by atoms with van der Waals surface area (Å²) >= 11 is 0. The highest BCUT2D eigenvalue weighted by Crippen LogP contribution is 2.47. The van der Waals surface area contributed by atoms with E-state index in [4.69, 9.17) is 0 Å². The monoisotopic (exact) mass is 588 g/mol. The van der Waals surface area contributed by atoms with Crippen molar-refractivity contribution in [3.05, 3.63) is 93.6 Å². The van der Waals surface area contributed by atoms with Gasteiger partial charge in [0.05, 0.1) is 5.92 Å². The lowest BCUT2D eigenvalue weighted by Crippen LogP contribution is -2.29. The van der Waals surface area contributed by atoms with Crippen molar-refractivity contribution in [1.82, 2.24) is 0 Å². The highest BCUT2D eigenvalue weighted by atomic mass is 19.4. The average molecular weight is 588 g/mol. The molecule has 218 valence electrons. The molecule has 40 heavy (non-hydrogen) atoms. The fraction of sp³-hybridized carbons (Fsp3) is 0.407. The van der Waals surface area contributed by atoms with Gasteiger partial charge in [-0.05, 0) is 55.5 Å². The lowest BCUT2D eigenvalue weighted by molar-refractivity contribution is -0.230. The van der Waals surface area contributed by atoms with Crippen molar-refractivity contribution in [2.24, 2.45) is 11.8 Å². The van der Waals surface area contributed by atoms with Crippen molar-refractivity contribution in [2.75, 3.05) is 0 Å². The van der Waals surface area contributed by atoms with Gasteiger partial charge in [0.2, 0.25) is 0 Å². The van der Waals surface area contributed by atoms with E-state index in [1.807, 2.05) is 0 Å². The number of ether oxygens (including phenoxy) is 1. The summed E-state index contributed by atoms with van der Waals surface area (Å²) in [6.07, 6.45) is -13.8. The van der Waals surface area contributed by atoms with Crippen LogP contribution in [-0.4, -0.2) is 18.5 Å². The van der Waals surface area contributed by atoms with Crippen molar-refractivity contribution in [3.8, 4) is 0 Å². The number of hydrogen-bond acceptors (Lipinski definition) is 1. The standard InChI is InChI=1S/C27H20F12O/c1-11-2-3-15(16(28)4-11)12-5-17(29)23(18(30)6-12)13-7-19(31)25(20(32)8-13)27(38,39)40-14-9-21(33)24(22(34)10-14)26(35,36)37/h2,4-5,7-9,12,15,18,22-23H,3,6,10H2,1H3. The van der Waals surface area contributed by atoms with Gasteiger partial charge >= 0.3 is 12.3 Å². The third kappa shape index (κ3) is 5.83. The average Bonchev–Trinajstić information content (AvgIpc) is 2.76. The van der Waals surface area contributed by atoms with Crippen LogP contribution in [0.2, 0.25) is 0 Å². The van der Waals surface area contributed by atoms with Gasteiger partial charge in [-0.3, -0.25) is 0 Å². The van der Waals surface area contributed by atoms with Crippen molar-refractivity contribution >= 4 is 0 Å². The van der Waals surface area contributed by atoms with E-state index < -0.39 is 107 Å². The van der Waals surface area contributed by atoms with Gasteiger partial charge in [-0.25, -0.2) is 30.7 Å². The number of rotatable bonds is 5. The van der Waals surface area contributed by atoms with E-state index in [9.17, 15) is 48.3 Å². The molecule has 0 spiro atoms. The summed E-state index contributed by atoms with van der Waals surface area (Å²) in [5.41, 5.74) is -4.42. The Labute approximate surface area is 220 Å². The molecule has 13 heteroatoms. The molecule has 3 aliphatic rings. The minimum Gasteiger partial charge on any atom is -0.433 e. The van der Waals surface area contributed by atoms with Crippen molar-refractivity contribution < 1.29 is 57.4 Å². The summed E-state index contributed by atoms with van der Waals surface area (Å²) in [5.74, 6) is -13.1. The van der Waals surface area contributed by atoms with E-state index in [0.717, 1.165) is 6.08 Å². The number of allylic oxidation sites excluding steroid dienone is 10. The molecule has 3 aliphatic carbocycles. The zero-order valence-corrected chi connectivity index (χ0v) is 20.4. The van der Waals surface area contributed by atoms with Crippen molar-refractivity contribution in [3.63, 3.8) is 0 Å². The molecule has 0 radical (unpaired) electrons. The fourth-order valence-electron chi connectivity index (χ4n) is 5.14. The molecule has 0 saturated heterocycles. The van der Waals surface area contributed by atoms with E-state index in [2.05, 4.69) is 4.74 Å². The first-order valence-electron chi connectivity index (χ1n) is 11.9. The second-order valence-electron chi connectivity index (χ2n) is 9.78. The van der Waals surface area contributed by atoms with Crippen LogP contribution >= 0.6 is 0 Å². The summed E-state index contributed by atoms with van der Waals surface area (Å²) in [4.78, 5) is 0. The van der Waals surface area contributed by atoms with Gasteiger partial charge in [0.1, 0.15) is 58.4 Å². The Balaban J connectivity index is 1.59. The van der Waals surface area contributed by atoms with Crippen molar-refractivity contribution in [2.45, 2.75) is 56.7 Å². The second kappa shape index (κ2) is 10.7. The molecule has 0 aliphatic heterocycles. The lowest BCUT2D eigenvalue weighted by atomic mass is 9.74. The zero-order chi connectivity index (χ0) is 29.7. The quantitative estimate of drug-likeness (QED) is 0.312. The Bertz CT molecular complexity index is 1310. The van der Waals surface area contributed by atoms with Crippen LogP contribution in [0.15, 0.2) is 70.8 Å². The molecule has 1 aromatic rings. The Morgan fingerprint density at radius 1 is 0.875 bits per heavy atom. The van der Waals surface area contributed by atoms with Gasteiger partial charge in [0, 0.05) is 18.4 Å². The third-order valence-electron chi connectivity index (χ3n) is 6.98. The maximum absolute atomic E-state index is 15.1. The van der Waals surface area contributed by atoms with Gasteiger partial charge in [-0.2, -0.15) is 22.0 Å². The maximum atomic E-state index is 15.1. The Morgan fingerprint density at radius 2 is 1.50 bits per heavy atom. The highest BCUT2D eigenvalue weighted by molar-refractivity contribution is 5.38.